The molecule has 0 radical (unpaired) electrons. The van der Waals surface area contributed by atoms with Gasteiger partial charge in [-0.05, 0) is 30.2 Å². The molecule has 3 heterocycles. The van der Waals surface area contributed by atoms with Crippen LogP contribution in [0.1, 0.15) is 27.7 Å². The summed E-state index contributed by atoms with van der Waals surface area (Å²) in [6, 6.07) is 21.9. The van der Waals surface area contributed by atoms with E-state index < -0.39 is 0 Å². The number of H-pyrrole nitrogens is 1. The van der Waals surface area contributed by atoms with Crippen LogP contribution in [-0.2, 0) is 13.1 Å². The number of aryl methyl sites for hydroxylation is 1. The predicted molar refractivity (Wildman–Crippen MR) is 131 cm³/mol. The fourth-order valence-electron chi connectivity index (χ4n) is 3.86. The first-order valence-electron chi connectivity index (χ1n) is 10.9. The van der Waals surface area contributed by atoms with Gasteiger partial charge in [-0.3, -0.25) is 9.78 Å². The third-order valence-corrected chi connectivity index (χ3v) is 5.57. The van der Waals surface area contributed by atoms with E-state index in [9.17, 15) is 4.79 Å². The van der Waals surface area contributed by atoms with Crippen LogP contribution >= 0.6 is 0 Å². The van der Waals surface area contributed by atoms with Crippen LogP contribution in [0, 0.1) is 6.92 Å². The summed E-state index contributed by atoms with van der Waals surface area (Å²) < 4.78 is 0. The molecule has 0 aliphatic heterocycles. The maximum atomic E-state index is 13.0. The Hall–Kier alpha value is -4.43. The molecule has 0 atom stereocenters. The number of nitrogens with zero attached hydrogens (tertiary/aromatic N) is 4. The second-order valence-electron chi connectivity index (χ2n) is 7.92. The minimum Gasteiger partial charge on any atom is -0.343 e. The Morgan fingerprint density at radius 2 is 1.79 bits per heavy atom. The van der Waals surface area contributed by atoms with Gasteiger partial charge in [0.15, 0.2) is 0 Å². The van der Waals surface area contributed by atoms with Gasteiger partial charge in [-0.15, -0.1) is 10.2 Å². The summed E-state index contributed by atoms with van der Waals surface area (Å²) in [7, 11) is 0. The largest absolute Gasteiger partial charge is 0.343 e. The van der Waals surface area contributed by atoms with Crippen molar-refractivity contribution in [3.05, 3.63) is 95.8 Å². The van der Waals surface area contributed by atoms with Gasteiger partial charge in [0.1, 0.15) is 17.3 Å². The number of carbonyl (C=O) groups excluding carboxylic acids is 1. The molecule has 3 aromatic heterocycles. The van der Waals surface area contributed by atoms with Crippen molar-refractivity contribution < 1.29 is 4.79 Å². The Kier molecular flexibility index (Phi) is 5.80. The second-order valence-corrected chi connectivity index (χ2v) is 7.92. The van der Waals surface area contributed by atoms with Gasteiger partial charge in [0.2, 0.25) is 0 Å². The molecular formula is C26H23N7O. The lowest BCUT2D eigenvalue weighted by Crippen LogP contribution is -2.24. The zero-order valence-electron chi connectivity index (χ0n) is 18.6. The molecule has 0 bridgehead atoms. The summed E-state index contributed by atoms with van der Waals surface area (Å²) in [5, 5.41) is 11.5. The van der Waals surface area contributed by atoms with Gasteiger partial charge in [0.05, 0.1) is 17.8 Å². The van der Waals surface area contributed by atoms with E-state index in [-0.39, 0.29) is 12.5 Å². The molecular weight excluding hydrogens is 426 g/mol. The van der Waals surface area contributed by atoms with Crippen LogP contribution in [0.15, 0.2) is 72.9 Å². The molecule has 5 aromatic rings. The number of hydrogen-bond acceptors (Lipinski definition) is 6. The Balaban J connectivity index is 1.60. The van der Waals surface area contributed by atoms with Gasteiger partial charge in [-0.2, -0.15) is 0 Å². The topological polar surface area (TPSA) is 122 Å². The molecule has 0 aliphatic rings. The average Bonchev–Trinajstić information content (AvgIpc) is 3.31. The van der Waals surface area contributed by atoms with Crippen molar-refractivity contribution >= 4 is 16.8 Å². The smallest absolute Gasteiger partial charge is 0.270 e. The van der Waals surface area contributed by atoms with Crippen LogP contribution < -0.4 is 11.1 Å². The monoisotopic (exact) mass is 449 g/mol. The number of nitrogens with two attached hydrogens (primary N) is 1. The first-order chi connectivity index (χ1) is 16.6. The van der Waals surface area contributed by atoms with Crippen molar-refractivity contribution in [1.29, 1.82) is 0 Å². The van der Waals surface area contributed by atoms with Crippen LogP contribution in [0.5, 0.6) is 0 Å². The quantitative estimate of drug-likeness (QED) is 0.363. The molecule has 8 nitrogen and oxygen atoms in total. The molecule has 0 saturated carbocycles. The molecule has 0 spiro atoms. The second kappa shape index (κ2) is 9.21. The Labute approximate surface area is 196 Å². The van der Waals surface area contributed by atoms with Crippen molar-refractivity contribution in [1.82, 2.24) is 30.5 Å². The number of amides is 1. The van der Waals surface area contributed by atoms with E-state index in [0.717, 1.165) is 27.9 Å². The molecule has 168 valence electrons. The Morgan fingerprint density at radius 1 is 1.00 bits per heavy atom. The standard InChI is InChI=1S/C26H23N7O/c1-16-30-23(33-32-16)15-29-26(34)25-21-13-20(18-5-3-2-4-6-18)24(31-22(21)11-12-28-25)19-9-7-17(14-27)8-10-19/h2-13H,14-15,27H2,1H3,(H,29,34)(H,30,32,33). The number of carbonyl (C=O) groups is 1. The summed E-state index contributed by atoms with van der Waals surface area (Å²) in [6.45, 7) is 2.51. The summed E-state index contributed by atoms with van der Waals surface area (Å²) in [5.41, 5.74) is 11.5. The van der Waals surface area contributed by atoms with Gasteiger partial charge in [0, 0.05) is 29.3 Å². The molecule has 0 saturated heterocycles. The van der Waals surface area contributed by atoms with Crippen LogP contribution in [0.25, 0.3) is 33.3 Å². The molecule has 0 unspecified atom stereocenters. The van der Waals surface area contributed by atoms with E-state index in [4.69, 9.17) is 10.7 Å². The minimum atomic E-state index is -0.305. The first-order valence-corrected chi connectivity index (χ1v) is 10.9. The van der Waals surface area contributed by atoms with E-state index in [1.807, 2.05) is 73.7 Å². The van der Waals surface area contributed by atoms with Crippen molar-refractivity contribution in [3.8, 4) is 22.4 Å². The van der Waals surface area contributed by atoms with Gasteiger partial charge in [-0.25, -0.2) is 4.98 Å². The number of pyridine rings is 2. The van der Waals surface area contributed by atoms with Gasteiger partial charge < -0.3 is 16.0 Å². The number of fused-ring (bicyclic) bond motifs is 1. The normalized spacial score (nSPS) is 11.0. The van der Waals surface area contributed by atoms with Crippen LogP contribution in [0.2, 0.25) is 0 Å². The summed E-state index contributed by atoms with van der Waals surface area (Å²) in [5.74, 6) is 0.967. The molecule has 8 heteroatoms. The maximum absolute atomic E-state index is 13.0. The van der Waals surface area contributed by atoms with Gasteiger partial charge in [-0.1, -0.05) is 54.6 Å². The third kappa shape index (κ3) is 4.26. The molecule has 5 rings (SSSR count). The number of hydrogen-bond donors (Lipinski definition) is 3. The predicted octanol–water partition coefficient (Wildman–Crippen LogP) is 3.78. The summed E-state index contributed by atoms with van der Waals surface area (Å²) in [6.07, 6.45) is 1.60. The van der Waals surface area contributed by atoms with Crippen molar-refractivity contribution in [2.75, 3.05) is 0 Å². The van der Waals surface area contributed by atoms with Crippen molar-refractivity contribution in [3.63, 3.8) is 0 Å². The highest BCUT2D eigenvalue weighted by Crippen LogP contribution is 2.34. The highest BCUT2D eigenvalue weighted by molar-refractivity contribution is 6.06. The zero-order chi connectivity index (χ0) is 23.5. The number of aromatic amines is 1. The third-order valence-electron chi connectivity index (χ3n) is 5.57. The molecule has 2 aromatic carbocycles. The summed E-state index contributed by atoms with van der Waals surface area (Å²) in [4.78, 5) is 25.4. The van der Waals surface area contributed by atoms with Crippen molar-refractivity contribution in [2.45, 2.75) is 20.0 Å². The van der Waals surface area contributed by atoms with E-state index in [1.54, 1.807) is 6.20 Å². The van der Waals surface area contributed by atoms with Gasteiger partial charge in [0.25, 0.3) is 5.91 Å². The molecule has 4 N–H and O–H groups in total. The number of rotatable bonds is 6. The minimum absolute atomic E-state index is 0.224. The molecule has 0 fully saturated rings. The van der Waals surface area contributed by atoms with E-state index in [0.29, 0.717) is 34.8 Å². The molecule has 0 aliphatic carbocycles. The number of benzene rings is 2. The van der Waals surface area contributed by atoms with Crippen LogP contribution in [0.3, 0.4) is 0 Å². The Bertz CT molecular complexity index is 1460. The number of nitrogens with one attached hydrogen (secondary N) is 2. The molecule has 34 heavy (non-hydrogen) atoms. The fourth-order valence-corrected chi connectivity index (χ4v) is 3.86. The van der Waals surface area contributed by atoms with E-state index in [1.165, 1.54) is 0 Å². The highest BCUT2D eigenvalue weighted by Gasteiger charge is 2.17. The van der Waals surface area contributed by atoms with Crippen LogP contribution in [0.4, 0.5) is 0 Å². The fraction of sp³-hybridized carbons (Fsp3) is 0.115. The SMILES string of the molecule is Cc1nnc(CNC(=O)c2nccc3nc(-c4ccc(CN)cc4)c(-c4ccccc4)cc23)[nH]1. The van der Waals surface area contributed by atoms with Crippen molar-refractivity contribution in [2.24, 2.45) is 5.73 Å². The Morgan fingerprint density at radius 3 is 2.50 bits per heavy atom. The van der Waals surface area contributed by atoms with Crippen LogP contribution in [-0.4, -0.2) is 31.1 Å². The number of aromatic nitrogens is 5. The highest BCUT2D eigenvalue weighted by atomic mass is 16.1. The lowest BCUT2D eigenvalue weighted by Gasteiger charge is -2.13. The maximum Gasteiger partial charge on any atom is 0.270 e. The van der Waals surface area contributed by atoms with E-state index in [2.05, 4.69) is 25.5 Å². The first kappa shape index (κ1) is 21.4. The lowest BCUT2D eigenvalue weighted by molar-refractivity contribution is 0.0946. The molecule has 1 amide bonds. The zero-order valence-corrected chi connectivity index (χ0v) is 18.6. The van der Waals surface area contributed by atoms with E-state index >= 15 is 0 Å². The lowest BCUT2D eigenvalue weighted by atomic mass is 9.96. The summed E-state index contributed by atoms with van der Waals surface area (Å²) >= 11 is 0. The van der Waals surface area contributed by atoms with Gasteiger partial charge >= 0.3 is 0 Å². The average molecular weight is 450 g/mol.